The quantitative estimate of drug-likeness (QED) is 0.744. The fraction of sp³-hybridized carbons (Fsp3) is 0. The summed E-state index contributed by atoms with van der Waals surface area (Å²) in [5, 5.41) is 8.44. The fourth-order valence-corrected chi connectivity index (χ4v) is 2.66. The molecule has 2 heterocycles. The number of amides is 2. The van der Waals surface area contributed by atoms with E-state index in [4.69, 9.17) is 0 Å². The monoisotopic (exact) mass is 283 g/mol. The van der Waals surface area contributed by atoms with Crippen LogP contribution in [-0.2, 0) is 0 Å². The molecule has 0 unspecified atom stereocenters. The highest BCUT2D eigenvalue weighted by Crippen LogP contribution is 2.27. The Bertz CT molecular complexity index is 689. The van der Waals surface area contributed by atoms with Crippen molar-refractivity contribution in [1.29, 1.82) is 0 Å². The first kappa shape index (κ1) is 12.5. The molecule has 0 bridgehead atoms. The summed E-state index contributed by atoms with van der Waals surface area (Å²) < 4.78 is 1.97. The highest BCUT2D eigenvalue weighted by Gasteiger charge is 2.09. The van der Waals surface area contributed by atoms with Crippen molar-refractivity contribution >= 4 is 28.1 Å². The van der Waals surface area contributed by atoms with Gasteiger partial charge in [-0.25, -0.2) is 4.79 Å². The second-order valence-electron chi connectivity index (χ2n) is 4.17. The van der Waals surface area contributed by atoms with Crippen molar-refractivity contribution in [3.8, 4) is 5.69 Å². The van der Waals surface area contributed by atoms with Crippen LogP contribution in [-0.4, -0.2) is 10.6 Å². The van der Waals surface area contributed by atoms with Crippen molar-refractivity contribution in [1.82, 2.24) is 4.57 Å². The lowest BCUT2D eigenvalue weighted by atomic mass is 10.3. The molecular formula is C15H13N3OS. The average Bonchev–Trinajstić information content (AvgIpc) is 3.10. The zero-order valence-corrected chi connectivity index (χ0v) is 11.4. The van der Waals surface area contributed by atoms with Gasteiger partial charge in [-0.2, -0.15) is 0 Å². The van der Waals surface area contributed by atoms with E-state index in [9.17, 15) is 4.79 Å². The molecule has 100 valence electrons. The predicted molar refractivity (Wildman–Crippen MR) is 82.7 cm³/mol. The van der Waals surface area contributed by atoms with E-state index in [1.54, 1.807) is 0 Å². The molecular weight excluding hydrogens is 270 g/mol. The maximum Gasteiger partial charge on any atom is 0.324 e. The third-order valence-electron chi connectivity index (χ3n) is 2.79. The van der Waals surface area contributed by atoms with Gasteiger partial charge < -0.3 is 9.88 Å². The molecule has 0 radical (unpaired) electrons. The number of hydrogen-bond acceptors (Lipinski definition) is 2. The molecule has 5 heteroatoms. The zero-order chi connectivity index (χ0) is 13.8. The Morgan fingerprint density at radius 1 is 0.950 bits per heavy atom. The number of nitrogens with one attached hydrogen (secondary N) is 2. The van der Waals surface area contributed by atoms with E-state index in [-0.39, 0.29) is 6.03 Å². The third kappa shape index (κ3) is 2.73. The van der Waals surface area contributed by atoms with E-state index in [2.05, 4.69) is 10.6 Å². The van der Waals surface area contributed by atoms with Gasteiger partial charge in [-0.05, 0) is 35.7 Å². The molecule has 2 aromatic heterocycles. The van der Waals surface area contributed by atoms with Gasteiger partial charge in [-0.3, -0.25) is 5.32 Å². The van der Waals surface area contributed by atoms with Gasteiger partial charge in [-0.15, -0.1) is 11.3 Å². The highest BCUT2D eigenvalue weighted by molar-refractivity contribution is 7.14. The molecule has 4 nitrogen and oxygen atoms in total. The molecule has 2 N–H and O–H groups in total. The smallest absolute Gasteiger partial charge is 0.321 e. The Morgan fingerprint density at radius 2 is 1.70 bits per heavy atom. The van der Waals surface area contributed by atoms with Crippen LogP contribution < -0.4 is 10.6 Å². The third-order valence-corrected chi connectivity index (χ3v) is 3.60. The first-order valence-corrected chi connectivity index (χ1v) is 7.05. The maximum absolute atomic E-state index is 12.0. The van der Waals surface area contributed by atoms with Crippen molar-refractivity contribution < 1.29 is 4.79 Å². The molecule has 3 aromatic rings. The summed E-state index contributed by atoms with van der Waals surface area (Å²) in [6, 6.07) is 15.0. The normalized spacial score (nSPS) is 10.2. The SMILES string of the molecule is O=C(Nc1ccccc1)Nc1sccc1-n1cccc1. The fourth-order valence-electron chi connectivity index (χ4n) is 1.88. The van der Waals surface area contributed by atoms with Crippen LogP contribution in [0.15, 0.2) is 66.3 Å². The number of benzene rings is 1. The number of urea groups is 1. The molecule has 0 aliphatic rings. The van der Waals surface area contributed by atoms with E-state index in [1.807, 2.05) is 70.9 Å². The van der Waals surface area contributed by atoms with Gasteiger partial charge in [0.15, 0.2) is 0 Å². The van der Waals surface area contributed by atoms with Gasteiger partial charge >= 0.3 is 6.03 Å². The first-order valence-electron chi connectivity index (χ1n) is 6.17. The van der Waals surface area contributed by atoms with E-state index in [0.717, 1.165) is 16.4 Å². The summed E-state index contributed by atoms with van der Waals surface area (Å²) in [6.45, 7) is 0. The number of nitrogens with zero attached hydrogens (tertiary/aromatic N) is 1. The molecule has 3 rings (SSSR count). The number of thiophene rings is 1. The second-order valence-corrected chi connectivity index (χ2v) is 5.09. The number of carbonyl (C=O) groups is 1. The lowest BCUT2D eigenvalue weighted by Gasteiger charge is -2.08. The number of carbonyl (C=O) groups excluding carboxylic acids is 1. The van der Waals surface area contributed by atoms with Crippen molar-refractivity contribution in [2.75, 3.05) is 10.6 Å². The lowest BCUT2D eigenvalue weighted by Crippen LogP contribution is -2.19. The van der Waals surface area contributed by atoms with Crippen molar-refractivity contribution in [2.24, 2.45) is 0 Å². The molecule has 1 aromatic carbocycles. The standard InChI is InChI=1S/C15H13N3OS/c19-15(16-12-6-2-1-3-7-12)17-14-13(8-11-20-14)18-9-4-5-10-18/h1-11H,(H2,16,17,19). The number of anilines is 2. The van der Waals surface area contributed by atoms with Crippen molar-refractivity contribution in [3.63, 3.8) is 0 Å². The first-order chi connectivity index (χ1) is 9.83. The number of para-hydroxylation sites is 1. The van der Waals surface area contributed by atoms with Crippen LogP contribution >= 0.6 is 11.3 Å². The van der Waals surface area contributed by atoms with Crippen molar-refractivity contribution in [2.45, 2.75) is 0 Å². The molecule has 2 amide bonds. The predicted octanol–water partition coefficient (Wildman–Crippen LogP) is 4.18. The van der Waals surface area contributed by atoms with Crippen LogP contribution in [0.3, 0.4) is 0 Å². The summed E-state index contributed by atoms with van der Waals surface area (Å²) in [5.41, 5.74) is 1.73. The van der Waals surface area contributed by atoms with Crippen LogP contribution in [0.2, 0.25) is 0 Å². The Kier molecular flexibility index (Phi) is 3.52. The molecule has 0 aliphatic heterocycles. The maximum atomic E-state index is 12.0. The molecule has 0 fully saturated rings. The van der Waals surface area contributed by atoms with Gasteiger partial charge in [-0.1, -0.05) is 18.2 Å². The molecule has 20 heavy (non-hydrogen) atoms. The second kappa shape index (κ2) is 5.63. The van der Waals surface area contributed by atoms with E-state index < -0.39 is 0 Å². The van der Waals surface area contributed by atoms with Gasteiger partial charge in [0.05, 0.1) is 5.69 Å². The van der Waals surface area contributed by atoms with Gasteiger partial charge in [0.1, 0.15) is 5.00 Å². The molecule has 0 saturated carbocycles. The Labute approximate surface area is 120 Å². The molecule has 0 saturated heterocycles. The number of hydrogen-bond donors (Lipinski definition) is 2. The largest absolute Gasteiger partial charge is 0.324 e. The lowest BCUT2D eigenvalue weighted by molar-refractivity contribution is 0.262. The minimum absolute atomic E-state index is 0.243. The van der Waals surface area contributed by atoms with Crippen LogP contribution in [0.1, 0.15) is 0 Å². The molecule has 0 spiro atoms. The molecule has 0 aliphatic carbocycles. The Morgan fingerprint density at radius 3 is 2.45 bits per heavy atom. The minimum Gasteiger partial charge on any atom is -0.321 e. The molecule has 0 atom stereocenters. The summed E-state index contributed by atoms with van der Waals surface area (Å²) >= 11 is 1.49. The summed E-state index contributed by atoms with van der Waals surface area (Å²) in [6.07, 6.45) is 3.89. The Balaban J connectivity index is 1.73. The van der Waals surface area contributed by atoms with E-state index >= 15 is 0 Å². The van der Waals surface area contributed by atoms with E-state index in [0.29, 0.717) is 0 Å². The summed E-state index contributed by atoms with van der Waals surface area (Å²) in [4.78, 5) is 12.0. The van der Waals surface area contributed by atoms with Gasteiger partial charge in [0, 0.05) is 18.1 Å². The van der Waals surface area contributed by atoms with Crippen LogP contribution in [0.4, 0.5) is 15.5 Å². The van der Waals surface area contributed by atoms with Crippen molar-refractivity contribution in [3.05, 3.63) is 66.3 Å². The zero-order valence-electron chi connectivity index (χ0n) is 10.6. The number of aromatic nitrogens is 1. The van der Waals surface area contributed by atoms with Gasteiger partial charge in [0.2, 0.25) is 0 Å². The topological polar surface area (TPSA) is 46.1 Å². The summed E-state index contributed by atoms with van der Waals surface area (Å²) in [5.74, 6) is 0. The minimum atomic E-state index is -0.243. The van der Waals surface area contributed by atoms with E-state index in [1.165, 1.54) is 11.3 Å². The summed E-state index contributed by atoms with van der Waals surface area (Å²) in [7, 11) is 0. The van der Waals surface area contributed by atoms with Gasteiger partial charge in [0.25, 0.3) is 0 Å². The van der Waals surface area contributed by atoms with Crippen LogP contribution in [0.25, 0.3) is 5.69 Å². The van der Waals surface area contributed by atoms with Crippen LogP contribution in [0.5, 0.6) is 0 Å². The highest BCUT2D eigenvalue weighted by atomic mass is 32.1. The average molecular weight is 283 g/mol. The van der Waals surface area contributed by atoms with Crippen LogP contribution in [0, 0.1) is 0 Å². The Hall–Kier alpha value is -2.53. The number of rotatable bonds is 3.